The molecule has 3 aliphatic rings. The molecule has 0 unspecified atom stereocenters. The summed E-state index contributed by atoms with van der Waals surface area (Å²) in [6.07, 6.45) is 6.00. The van der Waals surface area contributed by atoms with Crippen molar-refractivity contribution in [1.29, 1.82) is 0 Å². The zero-order chi connectivity index (χ0) is 16.3. The van der Waals surface area contributed by atoms with Crippen LogP contribution < -0.4 is 0 Å². The third-order valence-electron chi connectivity index (χ3n) is 7.28. The fourth-order valence-corrected chi connectivity index (χ4v) is 5.56. The number of rotatable bonds is 1. The maximum atomic E-state index is 11.6. The van der Waals surface area contributed by atoms with Gasteiger partial charge in [0, 0.05) is 5.41 Å². The number of fused-ring (bicyclic) bond motifs is 2. The molecule has 2 nitrogen and oxygen atoms in total. The molecule has 3 rings (SSSR count). The summed E-state index contributed by atoms with van der Waals surface area (Å²) >= 11 is 0. The smallest absolute Gasteiger partial charge is 0.0940 e. The Morgan fingerprint density at radius 2 is 1.82 bits per heavy atom. The first kappa shape index (κ1) is 16.3. The van der Waals surface area contributed by atoms with Gasteiger partial charge < -0.3 is 10.2 Å². The number of hydrogen-bond donors (Lipinski definition) is 2. The molecule has 2 fully saturated rings. The van der Waals surface area contributed by atoms with E-state index < -0.39 is 17.1 Å². The Morgan fingerprint density at radius 3 is 2.45 bits per heavy atom. The predicted octanol–water partition coefficient (Wildman–Crippen LogP) is 4.37. The fourth-order valence-electron chi connectivity index (χ4n) is 5.56. The quantitative estimate of drug-likeness (QED) is 0.706. The number of aliphatic hydroxyl groups is 2. The highest BCUT2D eigenvalue weighted by molar-refractivity contribution is 5.36. The molecule has 4 atom stereocenters. The van der Waals surface area contributed by atoms with Crippen molar-refractivity contribution < 1.29 is 10.2 Å². The van der Waals surface area contributed by atoms with Gasteiger partial charge in [0.1, 0.15) is 0 Å². The lowest BCUT2D eigenvalue weighted by Crippen LogP contribution is -2.57. The molecule has 22 heavy (non-hydrogen) atoms. The Labute approximate surface area is 135 Å². The molecule has 0 saturated heterocycles. The molecule has 0 aromatic carbocycles. The van der Waals surface area contributed by atoms with Gasteiger partial charge in [0.25, 0.3) is 0 Å². The van der Waals surface area contributed by atoms with Crippen molar-refractivity contribution in [3.8, 4) is 0 Å². The molecule has 0 aromatic rings. The molecular formula is C20H32O2. The second-order valence-electron chi connectivity index (χ2n) is 8.83. The van der Waals surface area contributed by atoms with E-state index in [2.05, 4.69) is 34.3 Å². The molecule has 3 aliphatic carbocycles. The van der Waals surface area contributed by atoms with Crippen LogP contribution in [0.15, 0.2) is 23.3 Å². The normalized spacial score (nSPS) is 45.8. The van der Waals surface area contributed by atoms with Gasteiger partial charge in [0.15, 0.2) is 0 Å². The van der Waals surface area contributed by atoms with E-state index in [4.69, 9.17) is 0 Å². The van der Waals surface area contributed by atoms with Crippen LogP contribution >= 0.6 is 0 Å². The largest absolute Gasteiger partial charge is 0.392 e. The third kappa shape index (κ3) is 1.99. The zero-order valence-electron chi connectivity index (χ0n) is 14.7. The average Bonchev–Trinajstić information content (AvgIpc) is 2.72. The summed E-state index contributed by atoms with van der Waals surface area (Å²) in [7, 11) is 0. The Morgan fingerprint density at radius 1 is 1.14 bits per heavy atom. The van der Waals surface area contributed by atoms with Crippen LogP contribution in [0.1, 0.15) is 72.6 Å². The van der Waals surface area contributed by atoms with Crippen molar-refractivity contribution in [3.63, 3.8) is 0 Å². The maximum Gasteiger partial charge on any atom is 0.0940 e. The first-order valence-corrected chi connectivity index (χ1v) is 8.95. The lowest BCUT2D eigenvalue weighted by atomic mass is 9.56. The van der Waals surface area contributed by atoms with Gasteiger partial charge in [-0.25, -0.2) is 0 Å². The third-order valence-corrected chi connectivity index (χ3v) is 7.28. The minimum absolute atomic E-state index is 0.0755. The van der Waals surface area contributed by atoms with E-state index in [1.165, 1.54) is 6.42 Å². The lowest BCUT2D eigenvalue weighted by molar-refractivity contribution is -0.144. The molecule has 0 amide bonds. The van der Waals surface area contributed by atoms with Crippen molar-refractivity contribution in [2.24, 2.45) is 16.7 Å². The Kier molecular flexibility index (Phi) is 3.66. The van der Waals surface area contributed by atoms with E-state index >= 15 is 0 Å². The molecular weight excluding hydrogens is 272 g/mol. The van der Waals surface area contributed by atoms with Crippen LogP contribution in [-0.4, -0.2) is 21.9 Å². The van der Waals surface area contributed by atoms with Gasteiger partial charge in [-0.3, -0.25) is 0 Å². The highest BCUT2D eigenvalue weighted by Gasteiger charge is 2.60. The van der Waals surface area contributed by atoms with Crippen LogP contribution in [0.2, 0.25) is 0 Å². The van der Waals surface area contributed by atoms with Gasteiger partial charge in [-0.2, -0.15) is 0 Å². The van der Waals surface area contributed by atoms with Crippen LogP contribution in [0.4, 0.5) is 0 Å². The molecule has 0 spiro atoms. The van der Waals surface area contributed by atoms with Crippen molar-refractivity contribution >= 4 is 0 Å². The van der Waals surface area contributed by atoms with E-state index in [1.54, 1.807) is 11.1 Å². The van der Waals surface area contributed by atoms with Gasteiger partial charge in [-0.15, -0.1) is 0 Å². The molecule has 0 bridgehead atoms. The summed E-state index contributed by atoms with van der Waals surface area (Å²) in [5.74, 6) is 0.590. The topological polar surface area (TPSA) is 40.5 Å². The number of allylic oxidation sites excluding steroid dienone is 2. The lowest BCUT2D eigenvalue weighted by Gasteiger charge is -2.53. The predicted molar refractivity (Wildman–Crippen MR) is 90.5 cm³/mol. The summed E-state index contributed by atoms with van der Waals surface area (Å²) in [4.78, 5) is 0. The van der Waals surface area contributed by atoms with Crippen LogP contribution in [0, 0.1) is 16.7 Å². The molecule has 0 radical (unpaired) electrons. The van der Waals surface area contributed by atoms with Crippen molar-refractivity contribution in [3.05, 3.63) is 23.3 Å². The van der Waals surface area contributed by atoms with Gasteiger partial charge in [-0.1, -0.05) is 45.4 Å². The van der Waals surface area contributed by atoms with E-state index in [1.807, 2.05) is 0 Å². The highest BCUT2D eigenvalue weighted by Crippen LogP contribution is 2.62. The summed E-state index contributed by atoms with van der Waals surface area (Å²) in [6.45, 7) is 13.2. The van der Waals surface area contributed by atoms with Crippen molar-refractivity contribution in [2.45, 2.75) is 84.3 Å². The van der Waals surface area contributed by atoms with E-state index in [0.29, 0.717) is 5.92 Å². The van der Waals surface area contributed by atoms with Gasteiger partial charge in [-0.05, 0) is 61.9 Å². The molecule has 124 valence electrons. The summed E-state index contributed by atoms with van der Waals surface area (Å²) < 4.78 is 0. The van der Waals surface area contributed by atoms with E-state index in [9.17, 15) is 10.2 Å². The molecule has 0 aromatic heterocycles. The fraction of sp³-hybridized carbons (Fsp3) is 0.800. The molecule has 0 aliphatic heterocycles. The SMILES string of the molecule is C=C1CC[C@H](O)[C@@]2(C)CCC3=C(C(C)C)CC[C@]3(C)C[C@]12O. The van der Waals surface area contributed by atoms with Crippen LogP contribution in [0.25, 0.3) is 0 Å². The minimum atomic E-state index is -0.923. The van der Waals surface area contributed by atoms with Crippen LogP contribution in [-0.2, 0) is 0 Å². The molecule has 2 N–H and O–H groups in total. The highest BCUT2D eigenvalue weighted by atomic mass is 16.3. The molecule has 0 heterocycles. The van der Waals surface area contributed by atoms with E-state index in [0.717, 1.165) is 44.1 Å². The minimum Gasteiger partial charge on any atom is -0.392 e. The monoisotopic (exact) mass is 304 g/mol. The van der Waals surface area contributed by atoms with Gasteiger partial charge >= 0.3 is 0 Å². The van der Waals surface area contributed by atoms with Crippen LogP contribution in [0.3, 0.4) is 0 Å². The van der Waals surface area contributed by atoms with Crippen molar-refractivity contribution in [2.75, 3.05) is 0 Å². The van der Waals surface area contributed by atoms with Crippen molar-refractivity contribution in [1.82, 2.24) is 0 Å². The second kappa shape index (κ2) is 4.95. The first-order chi connectivity index (χ1) is 10.1. The first-order valence-electron chi connectivity index (χ1n) is 8.95. The molecule has 2 saturated carbocycles. The maximum absolute atomic E-state index is 11.6. The van der Waals surface area contributed by atoms with Crippen LogP contribution in [0.5, 0.6) is 0 Å². The summed E-state index contributed by atoms with van der Waals surface area (Å²) in [6, 6.07) is 0. The zero-order valence-corrected chi connectivity index (χ0v) is 14.7. The number of aliphatic hydroxyl groups excluding tert-OH is 1. The number of hydrogen-bond acceptors (Lipinski definition) is 2. The van der Waals surface area contributed by atoms with Gasteiger partial charge in [0.2, 0.25) is 0 Å². The molecule has 2 heteroatoms. The van der Waals surface area contributed by atoms with Gasteiger partial charge in [0.05, 0.1) is 11.7 Å². The average molecular weight is 304 g/mol. The Hall–Kier alpha value is -0.600. The standard InChI is InChI=1S/C20H32O2/c1-13(2)15-8-10-18(4)12-20(22)14(3)6-7-17(21)19(20,5)11-9-16(15)18/h13,17,21-22H,3,6-12H2,1-2,4-5H3/t17-,18+,19+,20-/m0/s1. The second-order valence-corrected chi connectivity index (χ2v) is 8.83. The summed E-state index contributed by atoms with van der Waals surface area (Å²) in [5.41, 5.74) is 2.82. The Balaban J connectivity index is 2.10. The summed E-state index contributed by atoms with van der Waals surface area (Å²) in [5, 5.41) is 22.3. The van der Waals surface area contributed by atoms with E-state index in [-0.39, 0.29) is 5.41 Å². The Bertz CT molecular complexity index is 532.